The van der Waals surface area contributed by atoms with E-state index in [0.29, 0.717) is 17.9 Å². The predicted octanol–water partition coefficient (Wildman–Crippen LogP) is 3.31. The van der Waals surface area contributed by atoms with Crippen LogP contribution in [0.4, 0.5) is 5.69 Å². The first-order valence-corrected chi connectivity index (χ1v) is 6.32. The van der Waals surface area contributed by atoms with E-state index < -0.39 is 0 Å². The van der Waals surface area contributed by atoms with Crippen LogP contribution >= 0.6 is 11.6 Å². The van der Waals surface area contributed by atoms with Gasteiger partial charge in [0.1, 0.15) is 5.78 Å². The van der Waals surface area contributed by atoms with E-state index in [1.807, 2.05) is 6.92 Å². The highest BCUT2D eigenvalue weighted by atomic mass is 35.5. The topological polar surface area (TPSA) is 37.4 Å². The number of ketones is 1. The second-order valence-corrected chi connectivity index (χ2v) is 4.95. The van der Waals surface area contributed by atoms with Gasteiger partial charge in [-0.25, -0.2) is 0 Å². The molecule has 3 nitrogen and oxygen atoms in total. The van der Waals surface area contributed by atoms with Gasteiger partial charge in [0.25, 0.3) is 0 Å². The van der Waals surface area contributed by atoms with E-state index in [0.717, 1.165) is 5.69 Å². The van der Waals surface area contributed by atoms with Crippen molar-refractivity contribution in [3.8, 4) is 0 Å². The molecule has 98 valence electrons. The zero-order valence-corrected chi connectivity index (χ0v) is 11.7. The monoisotopic (exact) mass is 267 g/mol. The van der Waals surface area contributed by atoms with E-state index >= 15 is 0 Å². The second-order valence-electron chi connectivity index (χ2n) is 4.52. The lowest BCUT2D eigenvalue weighted by Gasteiger charge is -2.21. The van der Waals surface area contributed by atoms with Crippen molar-refractivity contribution in [3.63, 3.8) is 0 Å². The number of anilines is 1. The summed E-state index contributed by atoms with van der Waals surface area (Å²) in [7, 11) is 1.73. The normalized spacial score (nSPS) is 12.0. The van der Waals surface area contributed by atoms with E-state index in [4.69, 9.17) is 11.6 Å². The molecule has 1 atom stereocenters. The van der Waals surface area contributed by atoms with Crippen LogP contribution < -0.4 is 4.90 Å². The Hall–Kier alpha value is -1.35. The van der Waals surface area contributed by atoms with Gasteiger partial charge in [-0.15, -0.1) is 0 Å². The third kappa shape index (κ3) is 4.15. The van der Waals surface area contributed by atoms with Crippen LogP contribution in [0.3, 0.4) is 0 Å². The molecule has 0 saturated heterocycles. The first-order valence-electron chi connectivity index (χ1n) is 5.94. The van der Waals surface area contributed by atoms with Gasteiger partial charge in [-0.1, -0.05) is 18.5 Å². The summed E-state index contributed by atoms with van der Waals surface area (Å²) < 4.78 is 0. The Morgan fingerprint density at radius 2 is 1.83 bits per heavy atom. The van der Waals surface area contributed by atoms with Crippen molar-refractivity contribution >= 4 is 29.0 Å². The number of hydrogen-bond donors (Lipinski definition) is 0. The van der Waals surface area contributed by atoms with Gasteiger partial charge in [0, 0.05) is 30.1 Å². The average molecular weight is 268 g/mol. The number of amides is 1. The molecule has 0 fully saturated rings. The summed E-state index contributed by atoms with van der Waals surface area (Å²) in [4.78, 5) is 24.6. The predicted molar refractivity (Wildman–Crippen MR) is 73.9 cm³/mol. The lowest BCUT2D eigenvalue weighted by molar-refractivity contribution is -0.122. The number of halogens is 1. The number of benzene rings is 1. The largest absolute Gasteiger partial charge is 0.315 e. The van der Waals surface area contributed by atoms with Gasteiger partial charge in [0.05, 0.1) is 0 Å². The van der Waals surface area contributed by atoms with Crippen molar-refractivity contribution in [2.24, 2.45) is 5.92 Å². The van der Waals surface area contributed by atoms with E-state index in [1.165, 1.54) is 0 Å². The van der Waals surface area contributed by atoms with E-state index in [-0.39, 0.29) is 17.6 Å². The van der Waals surface area contributed by atoms with E-state index in [2.05, 4.69) is 0 Å². The zero-order valence-electron chi connectivity index (χ0n) is 10.9. The van der Waals surface area contributed by atoms with Crippen molar-refractivity contribution in [2.45, 2.75) is 26.7 Å². The third-order valence-corrected chi connectivity index (χ3v) is 3.15. The Balaban J connectivity index is 2.65. The minimum Gasteiger partial charge on any atom is -0.315 e. The fourth-order valence-corrected chi connectivity index (χ4v) is 1.79. The maximum Gasteiger partial charge on any atom is 0.229 e. The number of nitrogens with zero attached hydrogens (tertiary/aromatic N) is 1. The van der Waals surface area contributed by atoms with Gasteiger partial charge in [-0.3, -0.25) is 4.79 Å². The molecule has 18 heavy (non-hydrogen) atoms. The van der Waals surface area contributed by atoms with Crippen LogP contribution in [-0.2, 0) is 9.59 Å². The number of Topliss-reactive ketones (excluding diaryl/α,β-unsaturated/α-hetero) is 1. The zero-order chi connectivity index (χ0) is 13.7. The fraction of sp³-hybridized carbons (Fsp3) is 0.429. The molecule has 0 spiro atoms. The lowest BCUT2D eigenvalue weighted by atomic mass is 10.0. The van der Waals surface area contributed by atoms with Crippen LogP contribution in [0.2, 0.25) is 5.02 Å². The average Bonchev–Trinajstić information content (AvgIpc) is 2.35. The smallest absolute Gasteiger partial charge is 0.229 e. The highest BCUT2D eigenvalue weighted by Gasteiger charge is 2.18. The van der Waals surface area contributed by atoms with Gasteiger partial charge in [0.2, 0.25) is 5.91 Å². The molecule has 0 aliphatic heterocycles. The molecular formula is C14H18ClNO2. The molecule has 1 amide bonds. The summed E-state index contributed by atoms with van der Waals surface area (Å²) in [6, 6.07) is 7.11. The van der Waals surface area contributed by atoms with Gasteiger partial charge in [-0.2, -0.15) is 0 Å². The molecule has 1 unspecified atom stereocenters. The molecule has 1 rings (SSSR count). The minimum atomic E-state index is -0.158. The van der Waals surface area contributed by atoms with Gasteiger partial charge >= 0.3 is 0 Å². The Labute approximate surface area is 113 Å². The molecule has 0 saturated carbocycles. The van der Waals surface area contributed by atoms with Crippen molar-refractivity contribution in [1.82, 2.24) is 0 Å². The van der Waals surface area contributed by atoms with Gasteiger partial charge in [-0.05, 0) is 37.6 Å². The van der Waals surface area contributed by atoms with Crippen LogP contribution in [0.5, 0.6) is 0 Å². The van der Waals surface area contributed by atoms with Crippen molar-refractivity contribution in [2.75, 3.05) is 11.9 Å². The summed E-state index contributed by atoms with van der Waals surface area (Å²) in [5, 5.41) is 0.643. The van der Waals surface area contributed by atoms with Crippen LogP contribution in [0.25, 0.3) is 0 Å². The summed E-state index contributed by atoms with van der Waals surface area (Å²) in [5.74, 6) is -0.0306. The van der Waals surface area contributed by atoms with Crippen LogP contribution in [0, 0.1) is 5.92 Å². The Morgan fingerprint density at radius 1 is 1.28 bits per heavy atom. The van der Waals surface area contributed by atoms with E-state index in [1.54, 1.807) is 43.1 Å². The van der Waals surface area contributed by atoms with Crippen LogP contribution in [0.1, 0.15) is 26.7 Å². The van der Waals surface area contributed by atoms with Crippen molar-refractivity contribution in [1.29, 1.82) is 0 Å². The molecule has 0 N–H and O–H groups in total. The first kappa shape index (κ1) is 14.7. The molecule has 0 aliphatic carbocycles. The number of rotatable bonds is 5. The molecule has 4 heteroatoms. The lowest BCUT2D eigenvalue weighted by Crippen LogP contribution is -2.31. The molecule has 0 bridgehead atoms. The number of hydrogen-bond acceptors (Lipinski definition) is 2. The van der Waals surface area contributed by atoms with Gasteiger partial charge < -0.3 is 9.69 Å². The molecule has 0 aliphatic rings. The summed E-state index contributed by atoms with van der Waals surface area (Å²) in [6.45, 7) is 3.39. The van der Waals surface area contributed by atoms with Crippen LogP contribution in [0.15, 0.2) is 24.3 Å². The van der Waals surface area contributed by atoms with E-state index in [9.17, 15) is 9.59 Å². The first-order chi connectivity index (χ1) is 8.41. The molecule has 0 heterocycles. The van der Waals surface area contributed by atoms with Crippen LogP contribution in [-0.4, -0.2) is 18.7 Å². The van der Waals surface area contributed by atoms with Crippen molar-refractivity contribution < 1.29 is 9.59 Å². The summed E-state index contributed by atoms with van der Waals surface area (Å²) in [5.41, 5.74) is 0.805. The number of carbonyl (C=O) groups excluding carboxylic acids is 2. The molecule has 0 aromatic heterocycles. The molecule has 1 aromatic carbocycles. The maximum atomic E-state index is 12.1. The minimum absolute atomic E-state index is 0.0126. The SMILES string of the molecule is CC(=O)CCC(C)C(=O)N(C)c1ccc(Cl)cc1. The molecule has 0 radical (unpaired) electrons. The second kappa shape index (κ2) is 6.55. The summed E-state index contributed by atoms with van der Waals surface area (Å²) >= 11 is 5.80. The third-order valence-electron chi connectivity index (χ3n) is 2.90. The highest BCUT2D eigenvalue weighted by molar-refractivity contribution is 6.30. The molecular weight excluding hydrogens is 250 g/mol. The Bertz CT molecular complexity index is 428. The van der Waals surface area contributed by atoms with Gasteiger partial charge in [0.15, 0.2) is 0 Å². The number of carbonyl (C=O) groups is 2. The Morgan fingerprint density at radius 3 is 2.33 bits per heavy atom. The highest BCUT2D eigenvalue weighted by Crippen LogP contribution is 2.19. The summed E-state index contributed by atoms with van der Waals surface area (Å²) in [6.07, 6.45) is 1.04. The standard InChI is InChI=1S/C14H18ClNO2/c1-10(4-5-11(2)17)14(18)16(3)13-8-6-12(15)7-9-13/h6-10H,4-5H2,1-3H3. The fourth-order valence-electron chi connectivity index (χ4n) is 1.67. The molecule has 1 aromatic rings. The van der Waals surface area contributed by atoms with Crippen molar-refractivity contribution in [3.05, 3.63) is 29.3 Å². The maximum absolute atomic E-state index is 12.1. The Kier molecular flexibility index (Phi) is 5.35. The quantitative estimate of drug-likeness (QED) is 0.821.